The number of amides is 1. The van der Waals surface area contributed by atoms with Crippen LogP contribution < -0.4 is 11.6 Å². The van der Waals surface area contributed by atoms with Crippen LogP contribution in [0.15, 0.2) is 27.5 Å². The maximum absolute atomic E-state index is 10.5. The summed E-state index contributed by atoms with van der Waals surface area (Å²) in [6.07, 6.45) is 2.98. The number of primary amides is 1. The summed E-state index contributed by atoms with van der Waals surface area (Å²) in [4.78, 5) is 10.5. The fraction of sp³-hybridized carbons (Fsp3) is 0.200. The van der Waals surface area contributed by atoms with Crippen LogP contribution >= 0.6 is 0 Å². The van der Waals surface area contributed by atoms with Crippen molar-refractivity contribution in [2.75, 3.05) is 0 Å². The zero-order chi connectivity index (χ0) is 8.27. The highest BCUT2D eigenvalue weighted by Gasteiger charge is 2.13. The summed E-state index contributed by atoms with van der Waals surface area (Å²) in [7, 11) is 0. The lowest BCUT2D eigenvalue weighted by Gasteiger charge is -2.03. The minimum atomic E-state index is -0.680. The molecule has 0 bridgehead atoms. The number of nitrogens with two attached hydrogens (primary N) is 2. The lowest BCUT2D eigenvalue weighted by molar-refractivity contribution is -0.118. The van der Waals surface area contributed by atoms with E-state index in [1.54, 1.807) is 0 Å². The maximum atomic E-state index is 10.5. The van der Waals surface area contributed by atoms with Crippen molar-refractivity contribution in [2.24, 2.45) is 26.9 Å². The first-order chi connectivity index (χ1) is 5.24. The molecule has 0 aromatic rings. The third-order valence-corrected chi connectivity index (χ3v) is 1.14. The van der Waals surface area contributed by atoms with E-state index in [-0.39, 0.29) is 5.84 Å². The third kappa shape index (κ3) is 1.60. The van der Waals surface area contributed by atoms with Crippen molar-refractivity contribution in [3.05, 3.63) is 12.2 Å². The third-order valence-electron chi connectivity index (χ3n) is 1.14. The highest BCUT2D eigenvalue weighted by molar-refractivity contribution is 5.95. The minimum Gasteiger partial charge on any atom is -0.367 e. The van der Waals surface area contributed by atoms with Crippen LogP contribution in [0.2, 0.25) is 0 Å². The molecule has 58 valence electrons. The topological polar surface area (TPSA) is 106 Å². The van der Waals surface area contributed by atoms with E-state index in [4.69, 9.17) is 11.6 Å². The van der Waals surface area contributed by atoms with E-state index in [1.165, 1.54) is 12.2 Å². The molecule has 0 aromatic carbocycles. The molecule has 0 radical (unpaired) electrons. The predicted octanol–water partition coefficient (Wildman–Crippen LogP) is -0.865. The highest BCUT2D eigenvalue weighted by Crippen LogP contribution is 2.01. The van der Waals surface area contributed by atoms with Crippen molar-refractivity contribution in [1.29, 1.82) is 0 Å². The van der Waals surface area contributed by atoms with Crippen molar-refractivity contribution >= 4 is 11.7 Å². The Bertz CT molecular complexity index is 238. The average molecular weight is 153 g/mol. The molecule has 11 heavy (non-hydrogen) atoms. The Morgan fingerprint density at radius 3 is 2.82 bits per heavy atom. The second kappa shape index (κ2) is 2.91. The molecular weight excluding hydrogens is 146 g/mol. The molecule has 1 aliphatic rings. The summed E-state index contributed by atoms with van der Waals surface area (Å²) in [5, 5.41) is 10.3. The Morgan fingerprint density at radius 2 is 2.45 bits per heavy atom. The molecule has 6 nitrogen and oxygen atoms in total. The van der Waals surface area contributed by atoms with Gasteiger partial charge in [0.2, 0.25) is 5.91 Å². The molecule has 0 saturated carbocycles. The van der Waals surface area contributed by atoms with Crippen molar-refractivity contribution < 1.29 is 4.79 Å². The van der Waals surface area contributed by atoms with Crippen LogP contribution in [0, 0.1) is 0 Å². The second-order valence-electron chi connectivity index (χ2n) is 1.91. The Hall–Kier alpha value is -1.72. The van der Waals surface area contributed by atoms with Crippen LogP contribution in [0.5, 0.6) is 0 Å². The smallest absolute Gasteiger partial charge is 0.248 e. The van der Waals surface area contributed by atoms with Gasteiger partial charge in [-0.3, -0.25) is 4.79 Å². The zero-order valence-electron chi connectivity index (χ0n) is 5.64. The largest absolute Gasteiger partial charge is 0.367 e. The number of nitrogens with zero attached hydrogens (tertiary/aromatic N) is 3. The lowest BCUT2D eigenvalue weighted by atomic mass is 10.2. The van der Waals surface area contributed by atoms with E-state index in [1.807, 2.05) is 0 Å². The highest BCUT2D eigenvalue weighted by atomic mass is 16.1. The number of azo groups is 1. The van der Waals surface area contributed by atoms with E-state index in [9.17, 15) is 4.79 Å². The quantitative estimate of drug-likeness (QED) is 0.377. The van der Waals surface area contributed by atoms with Crippen LogP contribution in [0.4, 0.5) is 0 Å². The Morgan fingerprint density at radius 1 is 1.73 bits per heavy atom. The van der Waals surface area contributed by atoms with E-state index in [0.29, 0.717) is 0 Å². The van der Waals surface area contributed by atoms with Gasteiger partial charge in [0, 0.05) is 0 Å². The number of carbonyl (C=O) groups is 1. The molecule has 0 spiro atoms. The first kappa shape index (κ1) is 7.39. The van der Waals surface area contributed by atoms with Gasteiger partial charge in [-0.25, -0.2) is 0 Å². The molecule has 1 heterocycles. The van der Waals surface area contributed by atoms with Crippen molar-refractivity contribution in [1.82, 2.24) is 0 Å². The Balaban J connectivity index is 2.72. The number of hydrogen-bond donors (Lipinski definition) is 2. The first-order valence-electron chi connectivity index (χ1n) is 2.90. The number of amidine groups is 1. The molecular formula is C5H7N5O. The van der Waals surface area contributed by atoms with Gasteiger partial charge in [-0.15, -0.1) is 5.11 Å². The van der Waals surface area contributed by atoms with Crippen molar-refractivity contribution in [3.8, 4) is 0 Å². The average Bonchev–Trinajstić information content (AvgIpc) is 2.05. The summed E-state index contributed by atoms with van der Waals surface area (Å²) < 4.78 is 0. The summed E-state index contributed by atoms with van der Waals surface area (Å²) in [5.74, 6) is 4.63. The van der Waals surface area contributed by atoms with Crippen molar-refractivity contribution in [2.45, 2.75) is 6.04 Å². The van der Waals surface area contributed by atoms with Gasteiger partial charge in [-0.05, 0) is 12.2 Å². The maximum Gasteiger partial charge on any atom is 0.248 e. The number of carbonyl (C=O) groups excluding carboxylic acids is 1. The fourth-order valence-electron chi connectivity index (χ4n) is 0.591. The van der Waals surface area contributed by atoms with Gasteiger partial charge in [0.05, 0.1) is 0 Å². The van der Waals surface area contributed by atoms with Gasteiger partial charge < -0.3 is 11.6 Å². The molecule has 1 rings (SSSR count). The molecule has 1 aliphatic heterocycles. The number of hydrogen-bond acceptors (Lipinski definition) is 4. The molecule has 1 amide bonds. The first-order valence-corrected chi connectivity index (χ1v) is 2.90. The molecule has 0 aliphatic carbocycles. The summed E-state index contributed by atoms with van der Waals surface area (Å²) >= 11 is 0. The van der Waals surface area contributed by atoms with Gasteiger partial charge in [0.25, 0.3) is 0 Å². The second-order valence-corrected chi connectivity index (χ2v) is 1.91. The molecule has 4 N–H and O–H groups in total. The van der Waals surface area contributed by atoms with Gasteiger partial charge >= 0.3 is 0 Å². The van der Waals surface area contributed by atoms with E-state index in [0.717, 1.165) is 0 Å². The number of hydrazone groups is 1. The van der Waals surface area contributed by atoms with Crippen molar-refractivity contribution in [3.63, 3.8) is 0 Å². The summed E-state index contributed by atoms with van der Waals surface area (Å²) in [5.41, 5.74) is 4.94. The van der Waals surface area contributed by atoms with Crippen LogP contribution in [-0.2, 0) is 4.79 Å². The standard InChI is InChI=1S/C5H7N5O/c6-5(11)3-1-2-4(8-7)10-9-3/h1-3H,7H2,(H2,6,11). The monoisotopic (exact) mass is 153 g/mol. The Kier molecular flexibility index (Phi) is 1.95. The van der Waals surface area contributed by atoms with Gasteiger partial charge in [0.15, 0.2) is 11.9 Å². The number of rotatable bonds is 1. The normalized spacial score (nSPS) is 25.8. The van der Waals surface area contributed by atoms with Crippen LogP contribution in [0.1, 0.15) is 0 Å². The van der Waals surface area contributed by atoms with Gasteiger partial charge in [0.1, 0.15) is 0 Å². The zero-order valence-corrected chi connectivity index (χ0v) is 5.64. The fourth-order valence-corrected chi connectivity index (χ4v) is 0.591. The van der Waals surface area contributed by atoms with Crippen LogP contribution in [0.3, 0.4) is 0 Å². The summed E-state index contributed by atoms with van der Waals surface area (Å²) in [6, 6.07) is -0.680. The lowest BCUT2D eigenvalue weighted by Crippen LogP contribution is -2.26. The van der Waals surface area contributed by atoms with Crippen LogP contribution in [0.25, 0.3) is 0 Å². The SMILES string of the molecule is NN=C1C=CC(C(N)=O)N=N1. The van der Waals surface area contributed by atoms with Crippen LogP contribution in [-0.4, -0.2) is 17.8 Å². The van der Waals surface area contributed by atoms with E-state index < -0.39 is 11.9 Å². The summed E-state index contributed by atoms with van der Waals surface area (Å²) in [6.45, 7) is 0. The van der Waals surface area contributed by atoms with Gasteiger partial charge in [-0.1, -0.05) is 0 Å². The molecule has 6 heteroatoms. The molecule has 1 unspecified atom stereocenters. The molecule has 1 atom stereocenters. The van der Waals surface area contributed by atoms with Gasteiger partial charge in [-0.2, -0.15) is 10.2 Å². The Labute approximate surface area is 62.7 Å². The molecule has 0 fully saturated rings. The molecule has 0 aromatic heterocycles. The van der Waals surface area contributed by atoms with E-state index in [2.05, 4.69) is 15.3 Å². The predicted molar refractivity (Wildman–Crippen MR) is 38.6 cm³/mol. The minimum absolute atomic E-state index is 0.280. The van der Waals surface area contributed by atoms with E-state index >= 15 is 0 Å². The molecule has 0 saturated heterocycles.